The van der Waals surface area contributed by atoms with E-state index in [0.717, 1.165) is 18.4 Å². The van der Waals surface area contributed by atoms with Gasteiger partial charge in [0.15, 0.2) is 0 Å². The van der Waals surface area contributed by atoms with E-state index in [4.69, 9.17) is 11.6 Å². The van der Waals surface area contributed by atoms with Crippen LogP contribution in [0, 0.1) is 5.92 Å². The molecule has 1 aliphatic rings. The zero-order valence-electron chi connectivity index (χ0n) is 8.69. The first-order valence-corrected chi connectivity index (χ1v) is 5.93. The Kier molecular flexibility index (Phi) is 3.60. The van der Waals surface area contributed by atoms with Crippen LogP contribution >= 0.6 is 11.6 Å². The second-order valence-corrected chi connectivity index (χ2v) is 4.72. The number of aromatic nitrogens is 1. The van der Waals surface area contributed by atoms with Gasteiger partial charge in [-0.05, 0) is 24.8 Å². The second kappa shape index (κ2) is 4.95. The summed E-state index contributed by atoms with van der Waals surface area (Å²) in [7, 11) is 0. The third-order valence-corrected chi connectivity index (χ3v) is 3.37. The van der Waals surface area contributed by atoms with Gasteiger partial charge in [-0.25, -0.2) is 0 Å². The molecule has 0 bridgehead atoms. The molecule has 0 aliphatic heterocycles. The van der Waals surface area contributed by atoms with E-state index in [9.17, 15) is 5.11 Å². The van der Waals surface area contributed by atoms with Crippen molar-refractivity contribution >= 4 is 11.6 Å². The maximum Gasteiger partial charge on any atom is 0.0833 e. The molecule has 1 aromatic rings. The molecule has 82 valence electrons. The zero-order valence-corrected chi connectivity index (χ0v) is 9.45. The van der Waals surface area contributed by atoms with Crippen molar-refractivity contribution in [2.75, 3.05) is 0 Å². The first-order valence-electron chi connectivity index (χ1n) is 5.56. The normalized spacial score (nSPS) is 20.1. The third-order valence-electron chi connectivity index (χ3n) is 3.16. The minimum absolute atomic E-state index is 0.388. The van der Waals surface area contributed by atoms with E-state index in [1.54, 1.807) is 12.4 Å². The average molecular weight is 226 g/mol. The van der Waals surface area contributed by atoms with Crippen molar-refractivity contribution < 1.29 is 5.11 Å². The molecule has 3 heteroatoms. The predicted molar refractivity (Wildman–Crippen MR) is 60.8 cm³/mol. The fraction of sp³-hybridized carbons (Fsp3) is 0.583. The largest absolute Gasteiger partial charge is 0.388 e. The Morgan fingerprint density at radius 1 is 1.27 bits per heavy atom. The van der Waals surface area contributed by atoms with Crippen molar-refractivity contribution in [1.82, 2.24) is 4.98 Å². The highest BCUT2D eigenvalue weighted by atomic mass is 35.5. The summed E-state index contributed by atoms with van der Waals surface area (Å²) in [4.78, 5) is 4.01. The van der Waals surface area contributed by atoms with E-state index < -0.39 is 6.10 Å². The molecule has 1 saturated carbocycles. The van der Waals surface area contributed by atoms with Crippen molar-refractivity contribution in [3.8, 4) is 0 Å². The number of hydrogen-bond donors (Lipinski definition) is 1. The van der Waals surface area contributed by atoms with Crippen molar-refractivity contribution in [2.24, 2.45) is 5.92 Å². The van der Waals surface area contributed by atoms with Gasteiger partial charge < -0.3 is 5.11 Å². The summed E-state index contributed by atoms with van der Waals surface area (Å²) in [6.45, 7) is 0. The van der Waals surface area contributed by atoms with Crippen LogP contribution in [0.15, 0.2) is 18.5 Å². The van der Waals surface area contributed by atoms with Crippen LogP contribution in [0.25, 0.3) is 0 Å². The molecule has 1 unspecified atom stereocenters. The summed E-state index contributed by atoms with van der Waals surface area (Å²) in [5.74, 6) is 0.388. The maximum absolute atomic E-state index is 10.2. The third kappa shape index (κ3) is 2.70. The van der Waals surface area contributed by atoms with E-state index in [1.807, 2.05) is 6.07 Å². The summed E-state index contributed by atoms with van der Waals surface area (Å²) in [5, 5.41) is 10.8. The van der Waals surface area contributed by atoms with Crippen molar-refractivity contribution in [1.29, 1.82) is 0 Å². The highest BCUT2D eigenvalue weighted by molar-refractivity contribution is 6.30. The van der Waals surface area contributed by atoms with Gasteiger partial charge in [0.2, 0.25) is 0 Å². The number of aliphatic hydroxyl groups excluding tert-OH is 1. The van der Waals surface area contributed by atoms with E-state index in [2.05, 4.69) is 4.98 Å². The molecule has 0 aromatic carbocycles. The van der Waals surface area contributed by atoms with Gasteiger partial charge in [-0.2, -0.15) is 0 Å². The fourth-order valence-corrected chi connectivity index (χ4v) is 2.49. The molecular formula is C12H16ClNO. The molecule has 1 fully saturated rings. The molecule has 15 heavy (non-hydrogen) atoms. The molecule has 1 N–H and O–H groups in total. The molecular weight excluding hydrogens is 210 g/mol. The van der Waals surface area contributed by atoms with Crippen LogP contribution in [0.2, 0.25) is 5.02 Å². The molecule has 0 saturated heterocycles. The number of nitrogens with zero attached hydrogens (tertiary/aromatic N) is 1. The first kappa shape index (κ1) is 10.9. The number of aliphatic hydroxyl groups is 1. The van der Waals surface area contributed by atoms with Gasteiger partial charge in [0.1, 0.15) is 0 Å². The lowest BCUT2D eigenvalue weighted by Gasteiger charge is -2.26. The monoisotopic (exact) mass is 225 g/mol. The second-order valence-electron chi connectivity index (χ2n) is 4.28. The van der Waals surface area contributed by atoms with E-state index in [-0.39, 0.29) is 0 Å². The van der Waals surface area contributed by atoms with Crippen molar-refractivity contribution in [3.63, 3.8) is 0 Å². The molecule has 1 aliphatic carbocycles. The minimum atomic E-state index is -0.392. The number of hydrogen-bond acceptors (Lipinski definition) is 2. The number of pyridine rings is 1. The van der Waals surface area contributed by atoms with Crippen LogP contribution in [0.3, 0.4) is 0 Å². The van der Waals surface area contributed by atoms with Gasteiger partial charge in [0.05, 0.1) is 11.1 Å². The Labute approximate surface area is 95.3 Å². The van der Waals surface area contributed by atoms with Gasteiger partial charge in [-0.15, -0.1) is 0 Å². The average Bonchev–Trinajstić information content (AvgIpc) is 2.29. The highest BCUT2D eigenvalue weighted by Crippen LogP contribution is 2.34. The van der Waals surface area contributed by atoms with Crippen LogP contribution < -0.4 is 0 Å². The van der Waals surface area contributed by atoms with Crippen molar-refractivity contribution in [2.45, 2.75) is 38.2 Å². The SMILES string of the molecule is OC(c1cncc(Cl)c1)C1CCCCC1. The zero-order chi connectivity index (χ0) is 10.7. The number of halogens is 1. The summed E-state index contributed by atoms with van der Waals surface area (Å²) in [6.07, 6.45) is 8.92. The molecule has 0 radical (unpaired) electrons. The summed E-state index contributed by atoms with van der Waals surface area (Å²) in [5.41, 5.74) is 0.856. The molecule has 0 amide bonds. The molecule has 1 aromatic heterocycles. The molecule has 2 rings (SSSR count). The summed E-state index contributed by atoms with van der Waals surface area (Å²) < 4.78 is 0. The highest BCUT2D eigenvalue weighted by Gasteiger charge is 2.23. The first-order chi connectivity index (χ1) is 7.27. The Bertz CT molecular complexity index is 323. The van der Waals surface area contributed by atoms with Gasteiger partial charge in [-0.3, -0.25) is 4.98 Å². The quantitative estimate of drug-likeness (QED) is 0.838. The van der Waals surface area contributed by atoms with Crippen molar-refractivity contribution in [3.05, 3.63) is 29.0 Å². The fourth-order valence-electron chi connectivity index (χ4n) is 2.31. The minimum Gasteiger partial charge on any atom is -0.388 e. The van der Waals surface area contributed by atoms with Gasteiger partial charge in [-0.1, -0.05) is 30.9 Å². The van der Waals surface area contributed by atoms with Crippen LogP contribution in [0.1, 0.15) is 43.8 Å². The molecule has 1 atom stereocenters. The smallest absolute Gasteiger partial charge is 0.0833 e. The Morgan fingerprint density at radius 2 is 2.00 bits per heavy atom. The molecule has 0 spiro atoms. The molecule has 1 heterocycles. The lowest BCUT2D eigenvalue weighted by atomic mass is 9.83. The van der Waals surface area contributed by atoms with Gasteiger partial charge >= 0.3 is 0 Å². The lowest BCUT2D eigenvalue weighted by molar-refractivity contribution is 0.0845. The molecule has 2 nitrogen and oxygen atoms in total. The summed E-state index contributed by atoms with van der Waals surface area (Å²) in [6, 6.07) is 1.81. The predicted octanol–water partition coefficient (Wildman–Crippen LogP) is 3.35. The van der Waals surface area contributed by atoms with Crippen LogP contribution in [-0.2, 0) is 0 Å². The summed E-state index contributed by atoms with van der Waals surface area (Å²) >= 11 is 5.85. The standard InChI is InChI=1S/C12H16ClNO/c13-11-6-10(7-14-8-11)12(15)9-4-2-1-3-5-9/h6-9,12,15H,1-5H2. The number of rotatable bonds is 2. The Morgan fingerprint density at radius 3 is 2.67 bits per heavy atom. The topological polar surface area (TPSA) is 33.1 Å². The van der Waals surface area contributed by atoms with Crippen LogP contribution in [0.4, 0.5) is 0 Å². The maximum atomic E-state index is 10.2. The van der Waals surface area contributed by atoms with Gasteiger partial charge in [0, 0.05) is 18.0 Å². The Balaban J connectivity index is 2.08. The van der Waals surface area contributed by atoms with E-state index >= 15 is 0 Å². The Hall–Kier alpha value is -0.600. The van der Waals surface area contributed by atoms with E-state index in [1.165, 1.54) is 19.3 Å². The van der Waals surface area contributed by atoms with Gasteiger partial charge in [0.25, 0.3) is 0 Å². The van der Waals surface area contributed by atoms with Crippen LogP contribution in [0.5, 0.6) is 0 Å². The van der Waals surface area contributed by atoms with E-state index in [0.29, 0.717) is 10.9 Å². The van der Waals surface area contributed by atoms with Crippen LogP contribution in [-0.4, -0.2) is 10.1 Å². The lowest BCUT2D eigenvalue weighted by Crippen LogP contribution is -2.16.